The largest absolute Gasteiger partial charge is 0.457 e. The van der Waals surface area contributed by atoms with Crippen molar-refractivity contribution in [1.82, 2.24) is 0 Å². The van der Waals surface area contributed by atoms with Crippen molar-refractivity contribution >= 4 is 5.97 Å². The number of hydrogen-bond donors (Lipinski definition) is 0. The van der Waals surface area contributed by atoms with Gasteiger partial charge in [0.25, 0.3) is 0 Å². The van der Waals surface area contributed by atoms with Gasteiger partial charge in [-0.05, 0) is 24.6 Å². The molecule has 0 aliphatic heterocycles. The van der Waals surface area contributed by atoms with E-state index in [1.165, 1.54) is 6.26 Å². The van der Waals surface area contributed by atoms with Crippen LogP contribution in [0.3, 0.4) is 0 Å². The standard InChI is InChI=1S/C11H10O3/c12-11(10-7-4-8-13-10)14-9-5-2-1-3-6-9/h1-2,4-5,7-8H,3,6H2. The molecule has 1 heterocycles. The number of esters is 1. The van der Waals surface area contributed by atoms with Gasteiger partial charge in [-0.25, -0.2) is 4.79 Å². The van der Waals surface area contributed by atoms with Gasteiger partial charge in [0.15, 0.2) is 0 Å². The Morgan fingerprint density at radius 1 is 1.50 bits per heavy atom. The monoisotopic (exact) mass is 190 g/mol. The number of carbonyl (C=O) groups excluding carboxylic acids is 1. The Morgan fingerprint density at radius 2 is 2.43 bits per heavy atom. The lowest BCUT2D eigenvalue weighted by atomic mass is 10.2. The molecule has 0 spiro atoms. The Balaban J connectivity index is 2.01. The first-order valence-corrected chi connectivity index (χ1v) is 4.47. The number of ether oxygens (including phenoxy) is 1. The first-order chi connectivity index (χ1) is 6.86. The molecule has 0 atom stereocenters. The van der Waals surface area contributed by atoms with Crippen LogP contribution in [-0.2, 0) is 4.74 Å². The lowest BCUT2D eigenvalue weighted by molar-refractivity contribution is 0.0578. The van der Waals surface area contributed by atoms with Crippen LogP contribution in [-0.4, -0.2) is 5.97 Å². The van der Waals surface area contributed by atoms with Gasteiger partial charge >= 0.3 is 5.97 Å². The summed E-state index contributed by atoms with van der Waals surface area (Å²) < 4.78 is 10.0. The van der Waals surface area contributed by atoms with Gasteiger partial charge in [-0.3, -0.25) is 0 Å². The summed E-state index contributed by atoms with van der Waals surface area (Å²) in [6.45, 7) is 0. The average molecular weight is 190 g/mol. The van der Waals surface area contributed by atoms with Crippen LogP contribution in [0.5, 0.6) is 0 Å². The molecule has 72 valence electrons. The Kier molecular flexibility index (Phi) is 2.49. The molecule has 0 radical (unpaired) electrons. The van der Waals surface area contributed by atoms with E-state index < -0.39 is 5.97 Å². The van der Waals surface area contributed by atoms with Crippen LogP contribution in [0, 0.1) is 0 Å². The normalized spacial score (nSPS) is 15.0. The van der Waals surface area contributed by atoms with Crippen LogP contribution in [0.4, 0.5) is 0 Å². The summed E-state index contributed by atoms with van der Waals surface area (Å²) in [7, 11) is 0. The topological polar surface area (TPSA) is 39.4 Å². The molecule has 3 heteroatoms. The number of carbonyl (C=O) groups is 1. The predicted molar refractivity (Wildman–Crippen MR) is 50.6 cm³/mol. The molecule has 1 aliphatic rings. The van der Waals surface area contributed by atoms with Crippen molar-refractivity contribution in [2.24, 2.45) is 0 Å². The van der Waals surface area contributed by atoms with Crippen molar-refractivity contribution < 1.29 is 13.9 Å². The predicted octanol–water partition coefficient (Wildman–Crippen LogP) is 2.67. The summed E-state index contributed by atoms with van der Waals surface area (Å²) in [6, 6.07) is 3.24. The second kappa shape index (κ2) is 3.96. The van der Waals surface area contributed by atoms with Crippen LogP contribution < -0.4 is 0 Å². The van der Waals surface area contributed by atoms with Crippen molar-refractivity contribution in [3.8, 4) is 0 Å². The molecular formula is C11H10O3. The molecule has 0 amide bonds. The quantitative estimate of drug-likeness (QED) is 0.673. The van der Waals surface area contributed by atoms with Gasteiger partial charge < -0.3 is 9.15 Å². The lowest BCUT2D eigenvalue weighted by Crippen LogP contribution is -2.04. The third kappa shape index (κ3) is 1.93. The molecule has 0 unspecified atom stereocenters. The minimum Gasteiger partial charge on any atom is -0.457 e. The molecule has 3 nitrogen and oxygen atoms in total. The van der Waals surface area contributed by atoms with E-state index in [9.17, 15) is 4.79 Å². The molecule has 0 fully saturated rings. The van der Waals surface area contributed by atoms with E-state index in [1.54, 1.807) is 18.2 Å². The first kappa shape index (κ1) is 8.81. The van der Waals surface area contributed by atoms with Gasteiger partial charge in [0.1, 0.15) is 5.76 Å². The van der Waals surface area contributed by atoms with E-state index >= 15 is 0 Å². The molecule has 2 rings (SSSR count). The molecule has 1 aliphatic carbocycles. The SMILES string of the molecule is O=C(OC1=CC=CCC1)c1ccco1. The fourth-order valence-corrected chi connectivity index (χ4v) is 1.23. The Bertz CT molecular complexity index is 371. The second-order valence-electron chi connectivity index (χ2n) is 2.97. The van der Waals surface area contributed by atoms with Crippen LogP contribution in [0.1, 0.15) is 23.4 Å². The number of rotatable bonds is 2. The smallest absolute Gasteiger partial charge is 0.379 e. The zero-order valence-electron chi connectivity index (χ0n) is 7.60. The van der Waals surface area contributed by atoms with E-state index in [0.717, 1.165) is 12.8 Å². The number of furan rings is 1. The van der Waals surface area contributed by atoms with Gasteiger partial charge in [-0.15, -0.1) is 0 Å². The van der Waals surface area contributed by atoms with Gasteiger partial charge in [-0.2, -0.15) is 0 Å². The zero-order chi connectivity index (χ0) is 9.80. The molecule has 0 bridgehead atoms. The Hall–Kier alpha value is -1.77. The fraction of sp³-hybridized carbons (Fsp3) is 0.182. The van der Waals surface area contributed by atoms with Crippen LogP contribution in [0.25, 0.3) is 0 Å². The summed E-state index contributed by atoms with van der Waals surface area (Å²) in [5, 5.41) is 0. The van der Waals surface area contributed by atoms with E-state index in [1.807, 2.05) is 12.2 Å². The molecule has 0 N–H and O–H groups in total. The number of hydrogen-bond acceptors (Lipinski definition) is 3. The Labute approximate surface area is 81.7 Å². The van der Waals surface area contributed by atoms with Gasteiger partial charge in [-0.1, -0.05) is 12.2 Å². The van der Waals surface area contributed by atoms with E-state index in [4.69, 9.17) is 9.15 Å². The average Bonchev–Trinajstić information content (AvgIpc) is 2.72. The summed E-state index contributed by atoms with van der Waals surface area (Å²) in [4.78, 5) is 11.4. The van der Waals surface area contributed by atoms with E-state index in [0.29, 0.717) is 5.76 Å². The third-order valence-electron chi connectivity index (χ3n) is 1.92. The first-order valence-electron chi connectivity index (χ1n) is 4.47. The maximum atomic E-state index is 11.4. The minimum absolute atomic E-state index is 0.237. The summed E-state index contributed by atoms with van der Waals surface area (Å²) in [6.07, 6.45) is 8.84. The van der Waals surface area contributed by atoms with E-state index in [-0.39, 0.29) is 5.76 Å². The molecule has 0 saturated carbocycles. The highest BCUT2D eigenvalue weighted by molar-refractivity contribution is 5.86. The highest BCUT2D eigenvalue weighted by atomic mass is 16.5. The second-order valence-corrected chi connectivity index (χ2v) is 2.97. The Morgan fingerprint density at radius 3 is 3.07 bits per heavy atom. The van der Waals surface area contributed by atoms with Crippen LogP contribution in [0.15, 0.2) is 46.8 Å². The number of allylic oxidation sites excluding steroid dienone is 4. The maximum Gasteiger partial charge on any atom is 0.379 e. The van der Waals surface area contributed by atoms with Crippen molar-refractivity contribution in [3.05, 3.63) is 48.1 Å². The van der Waals surface area contributed by atoms with Crippen molar-refractivity contribution in [2.45, 2.75) is 12.8 Å². The van der Waals surface area contributed by atoms with Crippen molar-refractivity contribution in [1.29, 1.82) is 0 Å². The molecule has 1 aromatic rings. The minimum atomic E-state index is -0.434. The molecule has 0 saturated heterocycles. The molecule has 14 heavy (non-hydrogen) atoms. The summed E-state index contributed by atoms with van der Waals surface area (Å²) in [5.74, 6) is 0.492. The third-order valence-corrected chi connectivity index (χ3v) is 1.92. The summed E-state index contributed by atoms with van der Waals surface area (Å²) in [5.41, 5.74) is 0. The highest BCUT2D eigenvalue weighted by Crippen LogP contribution is 2.15. The maximum absolute atomic E-state index is 11.4. The summed E-state index contributed by atoms with van der Waals surface area (Å²) >= 11 is 0. The van der Waals surface area contributed by atoms with Crippen LogP contribution in [0.2, 0.25) is 0 Å². The lowest BCUT2D eigenvalue weighted by Gasteiger charge is -2.07. The van der Waals surface area contributed by atoms with Gasteiger partial charge in [0, 0.05) is 6.42 Å². The van der Waals surface area contributed by atoms with E-state index in [2.05, 4.69) is 0 Å². The molecule has 0 aromatic carbocycles. The van der Waals surface area contributed by atoms with Crippen LogP contribution >= 0.6 is 0 Å². The van der Waals surface area contributed by atoms with Gasteiger partial charge in [0.2, 0.25) is 5.76 Å². The van der Waals surface area contributed by atoms with Gasteiger partial charge in [0.05, 0.1) is 6.26 Å². The zero-order valence-corrected chi connectivity index (χ0v) is 7.60. The highest BCUT2D eigenvalue weighted by Gasteiger charge is 2.12. The van der Waals surface area contributed by atoms with Crippen molar-refractivity contribution in [2.75, 3.05) is 0 Å². The molecular weight excluding hydrogens is 180 g/mol. The molecule has 1 aromatic heterocycles. The van der Waals surface area contributed by atoms with Crippen molar-refractivity contribution in [3.63, 3.8) is 0 Å². The fourth-order valence-electron chi connectivity index (χ4n) is 1.23.